The maximum Gasteiger partial charge on any atom is 0.310 e. The van der Waals surface area contributed by atoms with Gasteiger partial charge >= 0.3 is 5.97 Å². The molecule has 2 aromatic rings. The van der Waals surface area contributed by atoms with Crippen molar-refractivity contribution in [2.24, 2.45) is 5.92 Å². The minimum absolute atomic E-state index is 0.0678. The summed E-state index contributed by atoms with van der Waals surface area (Å²) in [5, 5.41) is -0.390. The highest BCUT2D eigenvalue weighted by Crippen LogP contribution is 2.33. The minimum Gasteiger partial charge on any atom is -0.466 e. The van der Waals surface area contributed by atoms with Gasteiger partial charge in [-0.25, -0.2) is 4.39 Å². The summed E-state index contributed by atoms with van der Waals surface area (Å²) in [6, 6.07) is 12.4. The molecule has 2 aliphatic heterocycles. The van der Waals surface area contributed by atoms with Gasteiger partial charge in [0.25, 0.3) is 17.1 Å². The second-order valence-corrected chi connectivity index (χ2v) is 9.35. The topological polar surface area (TPSA) is 84.0 Å². The number of thioether (sulfide) groups is 1. The lowest BCUT2D eigenvalue weighted by atomic mass is 9.97. The lowest BCUT2D eigenvalue weighted by molar-refractivity contribution is -0.149. The fourth-order valence-corrected chi connectivity index (χ4v) is 4.92. The first-order valence-electron chi connectivity index (χ1n) is 11.4. The van der Waals surface area contributed by atoms with Crippen LogP contribution >= 0.6 is 11.8 Å². The molecule has 35 heavy (non-hydrogen) atoms. The fourth-order valence-electron chi connectivity index (χ4n) is 4.08. The number of hydrogen-bond donors (Lipinski definition) is 0. The van der Waals surface area contributed by atoms with Crippen LogP contribution in [0.15, 0.2) is 53.4 Å². The number of rotatable bonds is 6. The van der Waals surface area contributed by atoms with Crippen LogP contribution in [-0.4, -0.2) is 52.5 Å². The van der Waals surface area contributed by atoms with Crippen molar-refractivity contribution >= 4 is 40.9 Å². The number of carbonyl (C=O) groups is 4. The maximum absolute atomic E-state index is 13.1. The number of imide groups is 1. The molecule has 2 saturated heterocycles. The van der Waals surface area contributed by atoms with Crippen LogP contribution in [0.4, 0.5) is 9.18 Å². The largest absolute Gasteiger partial charge is 0.466 e. The van der Waals surface area contributed by atoms with E-state index < -0.39 is 11.1 Å². The summed E-state index contributed by atoms with van der Waals surface area (Å²) < 4.78 is 18.2. The van der Waals surface area contributed by atoms with Crippen molar-refractivity contribution < 1.29 is 28.3 Å². The van der Waals surface area contributed by atoms with Gasteiger partial charge in [-0.05, 0) is 73.0 Å². The van der Waals surface area contributed by atoms with E-state index in [1.54, 1.807) is 42.2 Å². The second-order valence-electron chi connectivity index (χ2n) is 8.36. The number of benzene rings is 2. The number of piperidine rings is 1. The van der Waals surface area contributed by atoms with E-state index in [9.17, 15) is 23.6 Å². The summed E-state index contributed by atoms with van der Waals surface area (Å²) in [6.45, 7) is 3.06. The van der Waals surface area contributed by atoms with E-state index >= 15 is 0 Å². The molecule has 0 bridgehead atoms. The number of hydrogen-bond acceptors (Lipinski definition) is 6. The lowest BCUT2D eigenvalue weighted by Gasteiger charge is -2.31. The van der Waals surface area contributed by atoms with E-state index in [1.165, 1.54) is 24.3 Å². The number of amides is 3. The van der Waals surface area contributed by atoms with Gasteiger partial charge in [-0.3, -0.25) is 24.1 Å². The Hall–Kier alpha value is -3.46. The van der Waals surface area contributed by atoms with Crippen molar-refractivity contribution in [3.63, 3.8) is 0 Å². The summed E-state index contributed by atoms with van der Waals surface area (Å²) in [5.74, 6) is -1.54. The minimum atomic E-state index is -0.414. The van der Waals surface area contributed by atoms with Gasteiger partial charge in [0.2, 0.25) is 0 Å². The van der Waals surface area contributed by atoms with Gasteiger partial charge in [0.15, 0.2) is 0 Å². The van der Waals surface area contributed by atoms with Crippen LogP contribution in [-0.2, 0) is 20.9 Å². The molecule has 9 heteroatoms. The van der Waals surface area contributed by atoms with Gasteiger partial charge in [0.1, 0.15) is 5.82 Å². The third-order valence-corrected chi connectivity index (χ3v) is 6.82. The average molecular weight is 497 g/mol. The SMILES string of the molecule is CCOC(=O)[C@@H]1CCCN(C(=O)c2ccc(/C=C3\SC(=O)N(Cc4ccc(F)cc4)C3=O)cc2)C1. The molecule has 0 spiro atoms. The van der Waals surface area contributed by atoms with E-state index in [1.807, 2.05) is 0 Å². The zero-order valence-corrected chi connectivity index (χ0v) is 20.1. The number of likely N-dealkylation sites (tertiary alicyclic amines) is 1. The molecule has 0 N–H and O–H groups in total. The summed E-state index contributed by atoms with van der Waals surface area (Å²) in [5.41, 5.74) is 1.81. The Balaban J connectivity index is 1.41. The Morgan fingerprint density at radius 2 is 1.83 bits per heavy atom. The van der Waals surface area contributed by atoms with Gasteiger partial charge in [0, 0.05) is 18.7 Å². The van der Waals surface area contributed by atoms with Gasteiger partial charge in [-0.1, -0.05) is 24.3 Å². The molecule has 0 saturated carbocycles. The van der Waals surface area contributed by atoms with E-state index in [2.05, 4.69) is 0 Å². The standard InChI is InChI=1S/C26H25FN2O5S/c1-2-34-25(32)20-4-3-13-28(16-20)23(30)19-9-5-17(6-10-19)14-22-24(31)29(26(33)35-22)15-18-7-11-21(27)12-8-18/h5-12,14,20H,2-4,13,15-16H2,1H3/b22-14-/t20-/m1/s1. The number of nitrogens with zero attached hydrogens (tertiary/aromatic N) is 2. The summed E-state index contributed by atoms with van der Waals surface area (Å²) >= 11 is 0.845. The Morgan fingerprint density at radius 1 is 1.11 bits per heavy atom. The first kappa shape index (κ1) is 24.7. The van der Waals surface area contributed by atoms with Crippen LogP contribution in [0.3, 0.4) is 0 Å². The third-order valence-electron chi connectivity index (χ3n) is 5.91. The number of halogens is 1. The number of carbonyl (C=O) groups excluding carboxylic acids is 4. The third kappa shape index (κ3) is 5.79. The second kappa shape index (κ2) is 10.9. The predicted molar refractivity (Wildman–Crippen MR) is 130 cm³/mol. The molecule has 2 fully saturated rings. The van der Waals surface area contributed by atoms with Crippen molar-refractivity contribution in [3.8, 4) is 0 Å². The van der Waals surface area contributed by atoms with Crippen molar-refractivity contribution in [1.82, 2.24) is 9.80 Å². The van der Waals surface area contributed by atoms with Gasteiger partial charge in [0.05, 0.1) is 24.0 Å². The van der Waals surface area contributed by atoms with E-state index in [-0.39, 0.29) is 35.1 Å². The summed E-state index contributed by atoms with van der Waals surface area (Å²) in [6.07, 6.45) is 3.06. The smallest absolute Gasteiger partial charge is 0.310 e. The molecule has 182 valence electrons. The maximum atomic E-state index is 13.1. The normalized spacial score (nSPS) is 19.4. The Kier molecular flexibility index (Phi) is 7.65. The van der Waals surface area contributed by atoms with Gasteiger partial charge in [-0.15, -0.1) is 0 Å². The predicted octanol–water partition coefficient (Wildman–Crippen LogP) is 4.48. The number of esters is 1. The zero-order chi connectivity index (χ0) is 24.9. The molecule has 3 amide bonds. The monoisotopic (exact) mass is 496 g/mol. The molecule has 4 rings (SSSR count). The molecule has 7 nitrogen and oxygen atoms in total. The highest BCUT2D eigenvalue weighted by atomic mass is 32.2. The van der Waals surface area contributed by atoms with Crippen molar-refractivity contribution in [2.45, 2.75) is 26.3 Å². The van der Waals surface area contributed by atoms with E-state index in [0.29, 0.717) is 42.8 Å². The summed E-state index contributed by atoms with van der Waals surface area (Å²) in [4.78, 5) is 53.2. The molecule has 0 aliphatic carbocycles. The Morgan fingerprint density at radius 3 is 2.51 bits per heavy atom. The van der Waals surface area contributed by atoms with Crippen LogP contribution in [0.25, 0.3) is 6.08 Å². The fraction of sp³-hybridized carbons (Fsp3) is 0.308. The van der Waals surface area contributed by atoms with Gasteiger partial charge in [-0.2, -0.15) is 0 Å². The van der Waals surface area contributed by atoms with Crippen LogP contribution in [0, 0.1) is 11.7 Å². The molecular weight excluding hydrogens is 471 g/mol. The summed E-state index contributed by atoms with van der Waals surface area (Å²) in [7, 11) is 0. The van der Waals surface area contributed by atoms with Crippen LogP contribution < -0.4 is 0 Å². The molecule has 2 aliphatic rings. The number of ether oxygens (including phenoxy) is 1. The quantitative estimate of drug-likeness (QED) is 0.433. The van der Waals surface area contributed by atoms with Crippen molar-refractivity contribution in [1.29, 1.82) is 0 Å². The zero-order valence-electron chi connectivity index (χ0n) is 19.2. The Labute approximate surface area is 206 Å². The van der Waals surface area contributed by atoms with Crippen molar-refractivity contribution in [2.75, 3.05) is 19.7 Å². The molecule has 0 radical (unpaired) electrons. The Bertz CT molecular complexity index is 1160. The van der Waals surface area contributed by atoms with Crippen LogP contribution in [0.1, 0.15) is 41.3 Å². The molecule has 2 heterocycles. The lowest BCUT2D eigenvalue weighted by Crippen LogP contribution is -2.42. The van der Waals surface area contributed by atoms with E-state index in [0.717, 1.165) is 23.1 Å². The molecule has 0 unspecified atom stereocenters. The van der Waals surface area contributed by atoms with Crippen LogP contribution in [0.2, 0.25) is 0 Å². The highest BCUT2D eigenvalue weighted by molar-refractivity contribution is 8.18. The molecule has 0 aromatic heterocycles. The molecule has 2 aromatic carbocycles. The van der Waals surface area contributed by atoms with E-state index in [4.69, 9.17) is 4.74 Å². The molecule has 1 atom stereocenters. The first-order chi connectivity index (χ1) is 16.9. The van der Waals surface area contributed by atoms with Crippen LogP contribution in [0.5, 0.6) is 0 Å². The van der Waals surface area contributed by atoms with Gasteiger partial charge < -0.3 is 9.64 Å². The molecular formula is C26H25FN2O5S. The van der Waals surface area contributed by atoms with Crippen molar-refractivity contribution in [3.05, 3.63) is 75.9 Å². The highest BCUT2D eigenvalue weighted by Gasteiger charge is 2.35. The average Bonchev–Trinajstić information content (AvgIpc) is 3.13. The first-order valence-corrected chi connectivity index (χ1v) is 12.2.